The highest BCUT2D eigenvalue weighted by Gasteiger charge is 2.40. The molecule has 0 radical (unpaired) electrons. The number of alkyl carbamates (subject to hydrolysis) is 1. The van der Waals surface area contributed by atoms with Gasteiger partial charge in [0.2, 0.25) is 11.8 Å². The predicted molar refractivity (Wildman–Crippen MR) is 130 cm³/mol. The molecule has 0 aliphatic rings. The molecule has 1 aromatic rings. The van der Waals surface area contributed by atoms with Crippen molar-refractivity contribution in [2.24, 2.45) is 0 Å². The highest BCUT2D eigenvalue weighted by Crippen LogP contribution is 2.15. The van der Waals surface area contributed by atoms with Gasteiger partial charge in [0.1, 0.15) is 23.7 Å². The van der Waals surface area contributed by atoms with Gasteiger partial charge < -0.3 is 30.2 Å². The SMILES string of the molecule is COC(=O)C(C)(C)NC(=O)C(C)(C)NC(=O)[C@@H](NC(=O)OCc1ccccc1)[C@@H](C)OC(C)(C)C. The van der Waals surface area contributed by atoms with Crippen LogP contribution in [0.4, 0.5) is 4.79 Å². The van der Waals surface area contributed by atoms with Crippen molar-refractivity contribution in [3.63, 3.8) is 0 Å². The maximum Gasteiger partial charge on any atom is 0.408 e. The minimum absolute atomic E-state index is 0.0199. The highest BCUT2D eigenvalue weighted by atomic mass is 16.6. The number of nitrogens with one attached hydrogen (secondary N) is 3. The fourth-order valence-corrected chi connectivity index (χ4v) is 3.10. The third-order valence-corrected chi connectivity index (χ3v) is 4.90. The number of carbonyl (C=O) groups excluding carboxylic acids is 4. The number of amides is 3. The van der Waals surface area contributed by atoms with Gasteiger partial charge in [-0.25, -0.2) is 9.59 Å². The molecule has 196 valence electrons. The van der Waals surface area contributed by atoms with Gasteiger partial charge >= 0.3 is 12.1 Å². The van der Waals surface area contributed by atoms with E-state index in [0.717, 1.165) is 5.56 Å². The van der Waals surface area contributed by atoms with E-state index in [1.54, 1.807) is 19.1 Å². The van der Waals surface area contributed by atoms with Gasteiger partial charge in [0.15, 0.2) is 0 Å². The van der Waals surface area contributed by atoms with Gasteiger partial charge in [-0.15, -0.1) is 0 Å². The molecule has 1 aromatic carbocycles. The standard InChI is InChI=1S/C25H39N3O7/c1-16(35-23(2,3)4)18(26-22(32)34-15-17-13-11-10-12-14-17)19(29)27-24(5,6)20(30)28-25(7,8)21(31)33-9/h10-14,16,18H,15H2,1-9H3,(H,26,32)(H,27,29)(H,28,30)/t16-,18+/m1/s1. The van der Waals surface area contributed by atoms with Crippen molar-refractivity contribution in [1.29, 1.82) is 0 Å². The Kier molecular flexibility index (Phi) is 10.3. The number of methoxy groups -OCH3 is 1. The summed E-state index contributed by atoms with van der Waals surface area (Å²) in [4.78, 5) is 50.5. The van der Waals surface area contributed by atoms with E-state index in [9.17, 15) is 19.2 Å². The molecule has 0 aliphatic heterocycles. The molecule has 0 fully saturated rings. The normalized spacial score (nSPS) is 13.7. The fraction of sp³-hybridized carbons (Fsp3) is 0.600. The van der Waals surface area contributed by atoms with E-state index in [2.05, 4.69) is 16.0 Å². The lowest BCUT2D eigenvalue weighted by molar-refractivity contribution is -0.150. The highest BCUT2D eigenvalue weighted by molar-refractivity contribution is 5.96. The van der Waals surface area contributed by atoms with Gasteiger partial charge in [0.25, 0.3) is 0 Å². The summed E-state index contributed by atoms with van der Waals surface area (Å²) < 4.78 is 15.9. The van der Waals surface area contributed by atoms with Crippen LogP contribution in [0.3, 0.4) is 0 Å². The topological polar surface area (TPSA) is 132 Å². The Morgan fingerprint density at radius 1 is 0.886 bits per heavy atom. The van der Waals surface area contributed by atoms with E-state index in [4.69, 9.17) is 14.2 Å². The molecule has 10 nitrogen and oxygen atoms in total. The summed E-state index contributed by atoms with van der Waals surface area (Å²) in [6, 6.07) is 7.93. The molecule has 2 atom stereocenters. The van der Waals surface area contributed by atoms with Crippen molar-refractivity contribution in [2.75, 3.05) is 7.11 Å². The van der Waals surface area contributed by atoms with Crippen LogP contribution in [-0.2, 0) is 35.2 Å². The summed E-state index contributed by atoms with van der Waals surface area (Å²) in [6.07, 6.45) is -1.57. The number of esters is 1. The number of hydrogen-bond acceptors (Lipinski definition) is 7. The molecule has 0 aromatic heterocycles. The molecular formula is C25H39N3O7. The Morgan fingerprint density at radius 3 is 1.97 bits per heavy atom. The second-order valence-electron chi connectivity index (χ2n) is 10.3. The number of carbonyl (C=O) groups is 4. The summed E-state index contributed by atoms with van der Waals surface area (Å²) in [7, 11) is 1.22. The third kappa shape index (κ3) is 9.94. The number of rotatable bonds is 10. The van der Waals surface area contributed by atoms with Crippen molar-refractivity contribution in [3.8, 4) is 0 Å². The van der Waals surface area contributed by atoms with Gasteiger partial charge in [-0.1, -0.05) is 30.3 Å². The first-order valence-electron chi connectivity index (χ1n) is 11.4. The first-order chi connectivity index (χ1) is 16.0. The van der Waals surface area contributed by atoms with Crippen molar-refractivity contribution >= 4 is 23.9 Å². The van der Waals surface area contributed by atoms with E-state index in [1.165, 1.54) is 34.8 Å². The van der Waals surface area contributed by atoms with E-state index < -0.39 is 52.7 Å². The molecule has 35 heavy (non-hydrogen) atoms. The van der Waals surface area contributed by atoms with Gasteiger partial charge in [-0.3, -0.25) is 9.59 Å². The Morgan fingerprint density at radius 2 is 1.46 bits per heavy atom. The Hall–Kier alpha value is -3.14. The molecule has 10 heteroatoms. The number of hydrogen-bond donors (Lipinski definition) is 3. The molecule has 0 unspecified atom stereocenters. The molecule has 0 bridgehead atoms. The molecule has 0 heterocycles. The van der Waals surface area contributed by atoms with Crippen LogP contribution in [0, 0.1) is 0 Å². The van der Waals surface area contributed by atoms with Gasteiger partial charge in [0.05, 0.1) is 18.8 Å². The minimum atomic E-state index is -1.43. The van der Waals surface area contributed by atoms with Crippen LogP contribution in [-0.4, -0.2) is 59.8 Å². The average molecular weight is 494 g/mol. The Balaban J connectivity index is 2.98. The second kappa shape index (κ2) is 12.0. The first kappa shape index (κ1) is 29.9. The van der Waals surface area contributed by atoms with Crippen LogP contribution in [0.5, 0.6) is 0 Å². The molecule has 1 rings (SSSR count). The van der Waals surface area contributed by atoms with Crippen LogP contribution >= 0.6 is 0 Å². The van der Waals surface area contributed by atoms with Gasteiger partial charge in [-0.05, 0) is 61.0 Å². The first-order valence-corrected chi connectivity index (χ1v) is 11.4. The second-order valence-corrected chi connectivity index (χ2v) is 10.3. The Labute approximate surface area is 207 Å². The van der Waals surface area contributed by atoms with Crippen molar-refractivity contribution < 1.29 is 33.4 Å². The fourth-order valence-electron chi connectivity index (χ4n) is 3.10. The van der Waals surface area contributed by atoms with E-state index in [1.807, 2.05) is 39.0 Å². The summed E-state index contributed by atoms with van der Waals surface area (Å²) in [5, 5.41) is 7.74. The van der Waals surface area contributed by atoms with Gasteiger partial charge in [-0.2, -0.15) is 0 Å². The summed E-state index contributed by atoms with van der Waals surface area (Å²) >= 11 is 0. The average Bonchev–Trinajstić information content (AvgIpc) is 2.74. The lowest BCUT2D eigenvalue weighted by atomic mass is 9.98. The predicted octanol–water partition coefficient (Wildman–Crippen LogP) is 2.45. The van der Waals surface area contributed by atoms with Crippen LogP contribution in [0.15, 0.2) is 30.3 Å². The summed E-state index contributed by atoms with van der Waals surface area (Å²) in [6.45, 7) is 13.0. The molecule has 3 N–H and O–H groups in total. The zero-order valence-electron chi connectivity index (χ0n) is 22.1. The van der Waals surface area contributed by atoms with Crippen LogP contribution in [0.1, 0.15) is 61.0 Å². The lowest BCUT2D eigenvalue weighted by Gasteiger charge is -2.34. The monoisotopic (exact) mass is 493 g/mol. The quantitative estimate of drug-likeness (QED) is 0.427. The molecule has 0 saturated heterocycles. The molecule has 0 aliphatic carbocycles. The lowest BCUT2D eigenvalue weighted by Crippen LogP contribution is -2.64. The number of ether oxygens (including phenoxy) is 3. The Bertz CT molecular complexity index is 892. The van der Waals surface area contributed by atoms with Gasteiger partial charge in [0, 0.05) is 0 Å². The maximum atomic E-state index is 13.2. The maximum absolute atomic E-state index is 13.2. The zero-order chi connectivity index (χ0) is 27.0. The molecule has 3 amide bonds. The summed E-state index contributed by atoms with van der Waals surface area (Å²) in [5.41, 5.74) is -2.56. The van der Waals surface area contributed by atoms with E-state index >= 15 is 0 Å². The third-order valence-electron chi connectivity index (χ3n) is 4.90. The van der Waals surface area contributed by atoms with Crippen LogP contribution in [0.25, 0.3) is 0 Å². The zero-order valence-corrected chi connectivity index (χ0v) is 22.1. The van der Waals surface area contributed by atoms with Crippen molar-refractivity contribution in [2.45, 2.75) is 90.8 Å². The number of benzene rings is 1. The molecule has 0 spiro atoms. The van der Waals surface area contributed by atoms with Crippen LogP contribution in [0.2, 0.25) is 0 Å². The van der Waals surface area contributed by atoms with E-state index in [0.29, 0.717) is 0 Å². The van der Waals surface area contributed by atoms with E-state index in [-0.39, 0.29) is 6.61 Å². The minimum Gasteiger partial charge on any atom is -0.467 e. The molecule has 0 saturated carbocycles. The summed E-state index contributed by atoms with van der Waals surface area (Å²) in [5.74, 6) is -1.91. The molecular weight excluding hydrogens is 454 g/mol. The van der Waals surface area contributed by atoms with Crippen molar-refractivity contribution in [1.82, 2.24) is 16.0 Å². The van der Waals surface area contributed by atoms with Crippen LogP contribution < -0.4 is 16.0 Å². The smallest absolute Gasteiger partial charge is 0.408 e. The van der Waals surface area contributed by atoms with Crippen molar-refractivity contribution in [3.05, 3.63) is 35.9 Å². The largest absolute Gasteiger partial charge is 0.467 e.